The highest BCUT2D eigenvalue weighted by molar-refractivity contribution is 5.91. The first kappa shape index (κ1) is 21.3. The van der Waals surface area contributed by atoms with Gasteiger partial charge in [0.2, 0.25) is 11.8 Å². The van der Waals surface area contributed by atoms with Crippen molar-refractivity contribution in [3.05, 3.63) is 29.8 Å². The molecular weight excluding hydrogens is 346 g/mol. The smallest absolute Gasteiger partial charge is 0.243 e. The van der Waals surface area contributed by atoms with Crippen LogP contribution >= 0.6 is 0 Å². The third-order valence-corrected chi connectivity index (χ3v) is 4.87. The van der Waals surface area contributed by atoms with Crippen LogP contribution in [0.3, 0.4) is 0 Å². The molecule has 0 saturated carbocycles. The van der Waals surface area contributed by atoms with Gasteiger partial charge in [-0.25, -0.2) is 5.48 Å². The van der Waals surface area contributed by atoms with E-state index < -0.39 is 0 Å². The minimum Gasteiger partial charge on any atom is -0.392 e. The van der Waals surface area contributed by atoms with Crippen LogP contribution in [0.1, 0.15) is 56.9 Å². The lowest BCUT2D eigenvalue weighted by molar-refractivity contribution is -0.129. The van der Waals surface area contributed by atoms with Crippen molar-refractivity contribution < 1.29 is 19.9 Å². The van der Waals surface area contributed by atoms with Crippen molar-refractivity contribution in [2.75, 3.05) is 18.4 Å². The minimum absolute atomic E-state index is 0.0172. The van der Waals surface area contributed by atoms with E-state index in [0.717, 1.165) is 62.9 Å². The number of unbranched alkanes of at least 4 members (excludes halogenated alkanes) is 4. The number of β-amino-alcohol motifs (C(OH)–C–C–N with tert-alkyl or cyclic N) is 1. The standard InChI is InChI=1S/C20H31N3O4/c24-17-12-13-23(15-17)14-16-8-6-7-9-18(16)21-19(25)10-4-2-1-3-5-11-20(26)22-27/h6-9,17,24,27H,1-5,10-15H2,(H,21,25)(H,22,26)/t17-/m0/s1. The van der Waals surface area contributed by atoms with E-state index in [1.165, 1.54) is 0 Å². The number of nitrogens with one attached hydrogen (secondary N) is 2. The maximum Gasteiger partial charge on any atom is 0.243 e. The average Bonchev–Trinajstić information content (AvgIpc) is 3.07. The molecule has 1 heterocycles. The number of para-hydroxylation sites is 1. The molecule has 0 unspecified atom stereocenters. The molecule has 7 nitrogen and oxygen atoms in total. The molecule has 7 heteroatoms. The molecule has 1 atom stereocenters. The number of amides is 2. The van der Waals surface area contributed by atoms with Crippen molar-refractivity contribution in [1.29, 1.82) is 0 Å². The van der Waals surface area contributed by atoms with Gasteiger partial charge in [0, 0.05) is 38.2 Å². The van der Waals surface area contributed by atoms with Gasteiger partial charge in [0.05, 0.1) is 6.10 Å². The second-order valence-electron chi connectivity index (χ2n) is 7.19. The predicted molar refractivity (Wildman–Crippen MR) is 103 cm³/mol. The zero-order valence-corrected chi connectivity index (χ0v) is 15.8. The minimum atomic E-state index is -0.350. The lowest BCUT2D eigenvalue weighted by Gasteiger charge is -2.18. The van der Waals surface area contributed by atoms with Gasteiger partial charge in [0.1, 0.15) is 0 Å². The second-order valence-corrected chi connectivity index (χ2v) is 7.19. The number of aliphatic hydroxyl groups is 1. The summed E-state index contributed by atoms with van der Waals surface area (Å²) in [6, 6.07) is 7.82. The summed E-state index contributed by atoms with van der Waals surface area (Å²) in [4.78, 5) is 25.3. The van der Waals surface area contributed by atoms with Crippen LogP contribution in [0.2, 0.25) is 0 Å². The number of carbonyl (C=O) groups is 2. The fourth-order valence-corrected chi connectivity index (χ4v) is 3.35. The largest absolute Gasteiger partial charge is 0.392 e. The van der Waals surface area contributed by atoms with Gasteiger partial charge in [-0.15, -0.1) is 0 Å². The second kappa shape index (κ2) is 11.7. The molecule has 0 aliphatic carbocycles. The molecule has 0 radical (unpaired) electrons. The first-order valence-electron chi connectivity index (χ1n) is 9.79. The zero-order valence-electron chi connectivity index (χ0n) is 15.8. The molecule has 1 fully saturated rings. The number of aliphatic hydroxyl groups excluding tert-OH is 1. The molecule has 2 amide bonds. The normalized spacial score (nSPS) is 17.0. The van der Waals surface area contributed by atoms with E-state index in [1.54, 1.807) is 5.48 Å². The molecular formula is C20H31N3O4. The summed E-state index contributed by atoms with van der Waals surface area (Å²) in [5.41, 5.74) is 3.54. The van der Waals surface area contributed by atoms with Crippen LogP contribution in [-0.4, -0.2) is 46.2 Å². The lowest BCUT2D eigenvalue weighted by atomic mass is 10.1. The fourth-order valence-electron chi connectivity index (χ4n) is 3.35. The number of hydrogen-bond acceptors (Lipinski definition) is 5. The van der Waals surface area contributed by atoms with Gasteiger partial charge in [0.15, 0.2) is 0 Å². The van der Waals surface area contributed by atoms with Crippen molar-refractivity contribution in [3.63, 3.8) is 0 Å². The summed E-state index contributed by atoms with van der Waals surface area (Å²) < 4.78 is 0. The van der Waals surface area contributed by atoms with Crippen LogP contribution in [-0.2, 0) is 16.1 Å². The lowest BCUT2D eigenvalue weighted by Crippen LogP contribution is -2.22. The topological polar surface area (TPSA) is 102 Å². The molecule has 0 spiro atoms. The Morgan fingerprint density at radius 1 is 1.04 bits per heavy atom. The van der Waals surface area contributed by atoms with E-state index in [0.29, 0.717) is 19.4 Å². The van der Waals surface area contributed by atoms with Gasteiger partial charge in [-0.3, -0.25) is 19.7 Å². The number of benzene rings is 1. The van der Waals surface area contributed by atoms with Crippen LogP contribution in [0.15, 0.2) is 24.3 Å². The Hall–Kier alpha value is -1.96. The van der Waals surface area contributed by atoms with Crippen LogP contribution in [0.5, 0.6) is 0 Å². The van der Waals surface area contributed by atoms with E-state index in [-0.39, 0.29) is 17.9 Å². The number of carbonyl (C=O) groups excluding carboxylic acids is 2. The maximum absolute atomic E-state index is 12.2. The summed E-state index contributed by atoms with van der Waals surface area (Å²) in [6.07, 6.45) is 5.77. The van der Waals surface area contributed by atoms with E-state index >= 15 is 0 Å². The molecule has 4 N–H and O–H groups in total. The summed E-state index contributed by atoms with van der Waals surface area (Å²) in [5, 5.41) is 21.1. The Balaban J connectivity index is 1.66. The average molecular weight is 377 g/mol. The van der Waals surface area contributed by atoms with Crippen molar-refractivity contribution in [2.45, 2.75) is 64.0 Å². The highest BCUT2D eigenvalue weighted by Gasteiger charge is 2.21. The van der Waals surface area contributed by atoms with Crippen LogP contribution in [0, 0.1) is 0 Å². The Kier molecular flexibility index (Phi) is 9.24. The van der Waals surface area contributed by atoms with Crippen molar-refractivity contribution in [3.8, 4) is 0 Å². The van der Waals surface area contributed by atoms with E-state index in [1.807, 2.05) is 24.3 Å². The molecule has 1 aliphatic rings. The Morgan fingerprint density at radius 3 is 2.37 bits per heavy atom. The van der Waals surface area contributed by atoms with Crippen molar-refractivity contribution in [1.82, 2.24) is 10.4 Å². The van der Waals surface area contributed by atoms with Crippen LogP contribution in [0.25, 0.3) is 0 Å². The molecule has 27 heavy (non-hydrogen) atoms. The van der Waals surface area contributed by atoms with E-state index in [4.69, 9.17) is 5.21 Å². The Labute approximate surface area is 160 Å². The Morgan fingerprint density at radius 2 is 1.70 bits per heavy atom. The first-order valence-corrected chi connectivity index (χ1v) is 9.79. The SMILES string of the molecule is O=C(CCCCCCCC(=O)Nc1ccccc1CN1CC[C@H](O)C1)NO. The third kappa shape index (κ3) is 8.07. The zero-order chi connectivity index (χ0) is 19.5. The molecule has 0 bridgehead atoms. The molecule has 0 aromatic heterocycles. The number of anilines is 1. The third-order valence-electron chi connectivity index (χ3n) is 4.87. The molecule has 1 aliphatic heterocycles. The summed E-state index contributed by atoms with van der Waals surface area (Å²) in [6.45, 7) is 2.29. The maximum atomic E-state index is 12.2. The molecule has 1 saturated heterocycles. The predicted octanol–water partition coefficient (Wildman–Crippen LogP) is 2.43. The van der Waals surface area contributed by atoms with Gasteiger partial charge in [-0.05, 0) is 30.9 Å². The Bertz CT molecular complexity index is 609. The van der Waals surface area contributed by atoms with Crippen molar-refractivity contribution >= 4 is 17.5 Å². The van der Waals surface area contributed by atoms with E-state index in [2.05, 4.69) is 10.2 Å². The van der Waals surface area contributed by atoms with Crippen molar-refractivity contribution in [2.24, 2.45) is 0 Å². The number of likely N-dealkylation sites (tertiary alicyclic amines) is 1. The van der Waals surface area contributed by atoms with Gasteiger partial charge >= 0.3 is 0 Å². The summed E-state index contributed by atoms with van der Waals surface area (Å²) in [7, 11) is 0. The van der Waals surface area contributed by atoms with Crippen LogP contribution in [0.4, 0.5) is 5.69 Å². The quantitative estimate of drug-likeness (QED) is 0.269. The molecule has 2 rings (SSSR count). The van der Waals surface area contributed by atoms with Gasteiger partial charge in [-0.2, -0.15) is 0 Å². The van der Waals surface area contributed by atoms with Crippen LogP contribution < -0.4 is 10.8 Å². The monoisotopic (exact) mass is 377 g/mol. The highest BCUT2D eigenvalue weighted by atomic mass is 16.5. The first-order chi connectivity index (χ1) is 13.1. The van der Waals surface area contributed by atoms with Gasteiger partial charge in [-0.1, -0.05) is 37.5 Å². The highest BCUT2D eigenvalue weighted by Crippen LogP contribution is 2.20. The van der Waals surface area contributed by atoms with Gasteiger partial charge < -0.3 is 10.4 Å². The molecule has 1 aromatic carbocycles. The number of hydroxylamine groups is 1. The number of hydrogen-bond donors (Lipinski definition) is 4. The summed E-state index contributed by atoms with van der Waals surface area (Å²) in [5.74, 6) is -0.333. The summed E-state index contributed by atoms with van der Waals surface area (Å²) >= 11 is 0. The fraction of sp³-hybridized carbons (Fsp3) is 0.600. The molecule has 1 aromatic rings. The van der Waals surface area contributed by atoms with Gasteiger partial charge in [0.25, 0.3) is 0 Å². The van der Waals surface area contributed by atoms with E-state index in [9.17, 15) is 14.7 Å². The molecule has 150 valence electrons. The number of rotatable bonds is 11. The number of nitrogens with zero attached hydrogens (tertiary/aromatic N) is 1.